The molecule has 0 fully saturated rings. The molecule has 4 amide bonds. The van der Waals surface area contributed by atoms with Crippen molar-refractivity contribution >= 4 is 30.0 Å². The number of alkyl carbamates (subject to hydrolysis) is 2. The number of carboxylic acids is 1. The largest absolute Gasteiger partial charge is 0.542 e. The number of halogens is 3. The van der Waals surface area contributed by atoms with Crippen LogP contribution in [-0.2, 0) is 23.9 Å². The lowest BCUT2D eigenvalue weighted by Crippen LogP contribution is -2.51. The van der Waals surface area contributed by atoms with Crippen LogP contribution in [0.15, 0.2) is 0 Å². The average molecular weight is 617 g/mol. The predicted molar refractivity (Wildman–Crippen MR) is 145 cm³/mol. The Balaban J connectivity index is 0. The Morgan fingerprint density at radius 3 is 1.26 bits per heavy atom. The number of hydrogen-bond donors (Lipinski definition) is 5. The van der Waals surface area contributed by atoms with Gasteiger partial charge in [0.2, 0.25) is 11.8 Å². The first-order valence-corrected chi connectivity index (χ1v) is 13.3. The van der Waals surface area contributed by atoms with Crippen LogP contribution in [0, 0.1) is 0 Å². The highest BCUT2D eigenvalue weighted by molar-refractivity contribution is 5.76. The summed E-state index contributed by atoms with van der Waals surface area (Å²) in [5, 5.41) is 19.5. The van der Waals surface area contributed by atoms with Crippen LogP contribution in [0.25, 0.3) is 0 Å². The summed E-state index contributed by atoms with van der Waals surface area (Å²) < 4.78 is 42.3. The van der Waals surface area contributed by atoms with Gasteiger partial charge in [-0.2, -0.15) is 13.2 Å². The van der Waals surface area contributed by atoms with E-state index in [0.717, 1.165) is 0 Å². The SMILES string of the molecule is CC(C)(C)OC(=O)NCCNC(=O)CC[N+](C)(CCN)CCC(=O)NCCNC(=O)OC(C)(C)C.O=C([O-])C(F)(F)F. The Morgan fingerprint density at radius 2 is 1.00 bits per heavy atom. The number of hydrogen-bond acceptors (Lipinski definition) is 9. The van der Waals surface area contributed by atoms with Crippen LogP contribution in [0.5, 0.6) is 0 Å². The Labute approximate surface area is 244 Å². The summed E-state index contributed by atoms with van der Waals surface area (Å²) >= 11 is 0. The Morgan fingerprint density at radius 1 is 0.690 bits per heavy atom. The molecule has 6 N–H and O–H groups in total. The molecule has 0 aromatic heterocycles. The number of amides is 4. The Hall–Kier alpha value is -3.34. The van der Waals surface area contributed by atoms with Gasteiger partial charge >= 0.3 is 18.4 Å². The molecule has 0 aliphatic carbocycles. The standard InChI is InChI=1S/C23H46N6O6.C2HF3O2/c1-22(2,3)34-20(32)27-13-11-25-18(30)8-15-29(7,17-10-24)16-9-19(31)26-12-14-28-21(33)35-23(4,5)6;3-2(4,5)1(6)7/h8-17,24H2,1-7H3,(H3-,25,26,27,28,30,31,32,33);(H,6,7). The molecule has 0 aliphatic rings. The number of quaternary nitrogens is 1. The van der Waals surface area contributed by atoms with Crippen LogP contribution < -0.4 is 32.1 Å². The minimum Gasteiger partial charge on any atom is -0.542 e. The lowest BCUT2D eigenvalue weighted by molar-refractivity contribution is -0.907. The van der Waals surface area contributed by atoms with Gasteiger partial charge in [-0.1, -0.05) is 0 Å². The van der Waals surface area contributed by atoms with E-state index in [9.17, 15) is 32.3 Å². The molecule has 14 nitrogen and oxygen atoms in total. The second-order valence-electron chi connectivity index (χ2n) is 11.4. The predicted octanol–water partition coefficient (Wildman–Crippen LogP) is -0.248. The molecule has 0 spiro atoms. The first kappa shape index (κ1) is 40.8. The summed E-state index contributed by atoms with van der Waals surface area (Å²) in [5.41, 5.74) is 4.59. The summed E-state index contributed by atoms with van der Waals surface area (Å²) in [4.78, 5) is 56.4. The van der Waals surface area contributed by atoms with Crippen molar-refractivity contribution in [2.45, 2.75) is 71.8 Å². The minimum atomic E-state index is -5.19. The van der Waals surface area contributed by atoms with E-state index in [1.54, 1.807) is 41.5 Å². The molecule has 0 atom stereocenters. The van der Waals surface area contributed by atoms with Crippen LogP contribution in [-0.4, -0.2) is 111 Å². The maximum Gasteiger partial charge on any atom is 0.430 e. The van der Waals surface area contributed by atoms with Crippen molar-refractivity contribution in [3.8, 4) is 0 Å². The van der Waals surface area contributed by atoms with Crippen molar-refractivity contribution in [2.75, 3.05) is 59.4 Å². The molecule has 0 bridgehead atoms. The van der Waals surface area contributed by atoms with E-state index < -0.39 is 35.5 Å². The lowest BCUT2D eigenvalue weighted by Gasteiger charge is -2.34. The molecule has 0 aromatic rings. The quantitative estimate of drug-likeness (QED) is 0.129. The third-order valence-electron chi connectivity index (χ3n) is 4.89. The normalized spacial score (nSPS) is 11.8. The molecule has 0 saturated carbocycles. The summed E-state index contributed by atoms with van der Waals surface area (Å²) in [5.74, 6) is -3.29. The molecule has 42 heavy (non-hydrogen) atoms. The Bertz CT molecular complexity index is 822. The maximum atomic E-state index is 12.2. The average Bonchev–Trinajstić information content (AvgIpc) is 2.80. The van der Waals surface area contributed by atoms with E-state index in [4.69, 9.17) is 25.1 Å². The number of rotatable bonds is 14. The monoisotopic (exact) mass is 616 g/mol. The third-order valence-corrected chi connectivity index (χ3v) is 4.89. The second-order valence-corrected chi connectivity index (χ2v) is 11.4. The number of aliphatic carboxylic acids is 1. The van der Waals surface area contributed by atoms with Gasteiger partial charge in [0.05, 0.1) is 39.5 Å². The summed E-state index contributed by atoms with van der Waals surface area (Å²) in [6.07, 6.45) is -5.72. The fourth-order valence-electron chi connectivity index (χ4n) is 2.93. The van der Waals surface area contributed by atoms with E-state index in [2.05, 4.69) is 21.3 Å². The van der Waals surface area contributed by atoms with Gasteiger partial charge in [0.1, 0.15) is 17.2 Å². The molecule has 0 rings (SSSR count). The van der Waals surface area contributed by atoms with Gasteiger partial charge in [0, 0.05) is 32.7 Å². The van der Waals surface area contributed by atoms with Crippen molar-refractivity contribution in [1.29, 1.82) is 0 Å². The topological polar surface area (TPSA) is 201 Å². The fraction of sp³-hybridized carbons (Fsp3) is 0.800. The Kier molecular flexibility index (Phi) is 18.4. The van der Waals surface area contributed by atoms with Crippen LogP contribution in [0.3, 0.4) is 0 Å². The molecule has 246 valence electrons. The smallest absolute Gasteiger partial charge is 0.430 e. The van der Waals surface area contributed by atoms with Crippen LogP contribution >= 0.6 is 0 Å². The minimum absolute atomic E-state index is 0.143. The summed E-state index contributed by atoms with van der Waals surface area (Å²) in [6, 6.07) is 0. The van der Waals surface area contributed by atoms with Gasteiger partial charge in [0.15, 0.2) is 0 Å². The molecular weight excluding hydrogens is 569 g/mol. The lowest BCUT2D eigenvalue weighted by atomic mass is 10.2. The second kappa shape index (κ2) is 19.0. The third kappa shape index (κ3) is 25.6. The fourth-order valence-corrected chi connectivity index (χ4v) is 2.93. The molecule has 0 unspecified atom stereocenters. The molecular formula is C25H47F3N6O8. The number of carbonyl (C=O) groups excluding carboxylic acids is 5. The molecule has 0 aliphatic heterocycles. The van der Waals surface area contributed by atoms with Gasteiger partial charge in [-0.3, -0.25) is 9.59 Å². The summed E-state index contributed by atoms with van der Waals surface area (Å²) in [6.45, 7) is 13.9. The number of alkyl halides is 3. The van der Waals surface area contributed by atoms with Crippen LogP contribution in [0.1, 0.15) is 54.4 Å². The highest BCUT2D eigenvalue weighted by atomic mass is 19.4. The van der Waals surface area contributed by atoms with E-state index >= 15 is 0 Å². The van der Waals surface area contributed by atoms with Crippen molar-refractivity contribution in [1.82, 2.24) is 21.3 Å². The zero-order valence-corrected chi connectivity index (χ0v) is 25.5. The number of carboxylic acid groups (broad SMARTS) is 1. The van der Waals surface area contributed by atoms with E-state index in [-0.39, 0.29) is 37.7 Å². The number of likely N-dealkylation sites (N-methyl/N-ethyl adjacent to an activating group) is 1. The molecule has 17 heteroatoms. The van der Waals surface area contributed by atoms with Crippen LogP contribution in [0.2, 0.25) is 0 Å². The molecule has 0 aromatic carbocycles. The van der Waals surface area contributed by atoms with Gasteiger partial charge in [-0.05, 0) is 41.5 Å². The highest BCUT2D eigenvalue weighted by Gasteiger charge is 2.29. The van der Waals surface area contributed by atoms with Gasteiger partial charge in [-0.25, -0.2) is 9.59 Å². The number of nitrogens with one attached hydrogen (secondary N) is 4. The number of ether oxygens (including phenoxy) is 2. The zero-order valence-electron chi connectivity index (χ0n) is 25.5. The number of carbonyl (C=O) groups is 5. The maximum absolute atomic E-state index is 12.2. The van der Waals surface area contributed by atoms with Gasteiger partial charge in [0.25, 0.3) is 0 Å². The van der Waals surface area contributed by atoms with Crippen molar-refractivity contribution < 1.29 is 56.2 Å². The first-order valence-electron chi connectivity index (χ1n) is 13.3. The van der Waals surface area contributed by atoms with Gasteiger partial charge < -0.3 is 50.9 Å². The van der Waals surface area contributed by atoms with Crippen molar-refractivity contribution in [3.63, 3.8) is 0 Å². The van der Waals surface area contributed by atoms with E-state index in [1.165, 1.54) is 0 Å². The van der Waals surface area contributed by atoms with Crippen molar-refractivity contribution in [3.05, 3.63) is 0 Å². The first-order chi connectivity index (χ1) is 19.0. The van der Waals surface area contributed by atoms with E-state index in [0.29, 0.717) is 43.8 Å². The highest BCUT2D eigenvalue weighted by Crippen LogP contribution is 2.11. The van der Waals surface area contributed by atoms with Gasteiger partial charge in [-0.15, -0.1) is 0 Å². The van der Waals surface area contributed by atoms with Crippen LogP contribution in [0.4, 0.5) is 22.8 Å². The van der Waals surface area contributed by atoms with Crippen molar-refractivity contribution in [2.24, 2.45) is 5.73 Å². The molecule has 0 saturated heterocycles. The molecule has 0 radical (unpaired) electrons. The zero-order chi connectivity index (χ0) is 33.2. The van der Waals surface area contributed by atoms with E-state index in [1.807, 2.05) is 7.05 Å². The summed E-state index contributed by atoms with van der Waals surface area (Å²) in [7, 11) is 1.96. The number of nitrogens with zero attached hydrogens (tertiary/aromatic N) is 1. The number of nitrogens with two attached hydrogens (primary N) is 1. The molecule has 0 heterocycles.